The van der Waals surface area contributed by atoms with E-state index in [4.69, 9.17) is 4.74 Å². The summed E-state index contributed by atoms with van der Waals surface area (Å²) in [5.74, 6) is 1.90. The highest BCUT2D eigenvalue weighted by Gasteiger charge is 2.23. The largest absolute Gasteiger partial charge is 0.497 e. The predicted octanol–water partition coefficient (Wildman–Crippen LogP) is 3.18. The summed E-state index contributed by atoms with van der Waals surface area (Å²) < 4.78 is 5.33. The number of Topliss-reactive ketones (excluding diaryl/α,β-unsaturated/α-hetero) is 1. The van der Waals surface area contributed by atoms with Gasteiger partial charge in [0.05, 0.1) is 7.11 Å². The van der Waals surface area contributed by atoms with Crippen LogP contribution in [0.1, 0.15) is 35.8 Å². The molecule has 0 aliphatic carbocycles. The average Bonchev–Trinajstić information content (AvgIpc) is 2.67. The number of ketones is 1. The Morgan fingerprint density at radius 3 is 2.52 bits per heavy atom. The number of aromatic nitrogens is 1. The lowest BCUT2D eigenvalue weighted by Crippen LogP contribution is -2.47. The number of nitrogens with zero attached hydrogens (tertiary/aromatic N) is 3. The molecule has 0 saturated carbocycles. The van der Waals surface area contributed by atoms with Gasteiger partial charge in [-0.3, -0.25) is 9.69 Å². The van der Waals surface area contributed by atoms with Crippen molar-refractivity contribution in [3.63, 3.8) is 0 Å². The van der Waals surface area contributed by atoms with Crippen LogP contribution >= 0.6 is 0 Å². The van der Waals surface area contributed by atoms with E-state index in [1.54, 1.807) is 20.2 Å². The van der Waals surface area contributed by atoms with Gasteiger partial charge in [0.25, 0.3) is 0 Å². The van der Waals surface area contributed by atoms with Crippen molar-refractivity contribution in [2.45, 2.75) is 19.9 Å². The molecule has 0 N–H and O–H groups in total. The van der Waals surface area contributed by atoms with Crippen molar-refractivity contribution in [3.05, 3.63) is 53.7 Å². The van der Waals surface area contributed by atoms with Crippen molar-refractivity contribution in [3.8, 4) is 5.75 Å². The number of anilines is 1. The summed E-state index contributed by atoms with van der Waals surface area (Å²) in [4.78, 5) is 20.6. The Morgan fingerprint density at radius 1 is 1.16 bits per heavy atom. The number of hydrogen-bond acceptors (Lipinski definition) is 5. The molecule has 25 heavy (non-hydrogen) atoms. The number of piperazine rings is 1. The fraction of sp³-hybridized carbons (Fsp3) is 0.400. The quantitative estimate of drug-likeness (QED) is 0.783. The lowest BCUT2D eigenvalue weighted by Gasteiger charge is -2.38. The second-order valence-corrected chi connectivity index (χ2v) is 6.44. The van der Waals surface area contributed by atoms with Crippen molar-refractivity contribution in [1.29, 1.82) is 0 Å². The monoisotopic (exact) mass is 339 g/mol. The zero-order valence-electron chi connectivity index (χ0n) is 15.1. The zero-order valence-corrected chi connectivity index (χ0v) is 15.1. The van der Waals surface area contributed by atoms with Gasteiger partial charge in [-0.1, -0.05) is 12.1 Å². The summed E-state index contributed by atoms with van der Waals surface area (Å²) in [6.45, 7) is 7.63. The zero-order chi connectivity index (χ0) is 17.8. The molecule has 1 aromatic heterocycles. The molecule has 1 fully saturated rings. The molecule has 3 rings (SSSR count). The number of pyridine rings is 1. The molecule has 0 amide bonds. The number of benzene rings is 1. The van der Waals surface area contributed by atoms with Gasteiger partial charge in [-0.05, 0) is 43.7 Å². The molecular weight excluding hydrogens is 314 g/mol. The summed E-state index contributed by atoms with van der Waals surface area (Å²) >= 11 is 0. The Balaban J connectivity index is 1.62. The van der Waals surface area contributed by atoms with Crippen LogP contribution in [0.4, 0.5) is 5.82 Å². The van der Waals surface area contributed by atoms with Crippen LogP contribution in [0.5, 0.6) is 5.75 Å². The van der Waals surface area contributed by atoms with E-state index < -0.39 is 0 Å². The Labute approximate surface area is 149 Å². The SMILES string of the molecule is COc1cccc(C(C)N2CCN(c3ccc(C(C)=O)cn3)CC2)c1. The van der Waals surface area contributed by atoms with E-state index in [0.29, 0.717) is 11.6 Å². The van der Waals surface area contributed by atoms with Crippen molar-refractivity contribution in [2.24, 2.45) is 0 Å². The molecule has 1 aromatic carbocycles. The van der Waals surface area contributed by atoms with Crippen LogP contribution in [0.25, 0.3) is 0 Å². The van der Waals surface area contributed by atoms with E-state index in [9.17, 15) is 4.79 Å². The molecule has 132 valence electrons. The number of rotatable bonds is 5. The molecule has 0 radical (unpaired) electrons. The molecule has 1 aliphatic heterocycles. The Morgan fingerprint density at radius 2 is 1.92 bits per heavy atom. The van der Waals surface area contributed by atoms with Crippen LogP contribution in [0, 0.1) is 0 Å². The highest BCUT2D eigenvalue weighted by molar-refractivity contribution is 5.93. The fourth-order valence-electron chi connectivity index (χ4n) is 3.23. The highest BCUT2D eigenvalue weighted by atomic mass is 16.5. The van der Waals surface area contributed by atoms with Crippen molar-refractivity contribution < 1.29 is 9.53 Å². The molecule has 1 saturated heterocycles. The van der Waals surface area contributed by atoms with Gasteiger partial charge in [0.15, 0.2) is 5.78 Å². The predicted molar refractivity (Wildman–Crippen MR) is 99.4 cm³/mol. The third-order valence-electron chi connectivity index (χ3n) is 4.92. The van der Waals surface area contributed by atoms with Crippen LogP contribution in [0.2, 0.25) is 0 Å². The van der Waals surface area contributed by atoms with E-state index in [2.05, 4.69) is 33.8 Å². The Hall–Kier alpha value is -2.40. The number of carbonyl (C=O) groups is 1. The van der Waals surface area contributed by atoms with Gasteiger partial charge >= 0.3 is 0 Å². The van der Waals surface area contributed by atoms with E-state index >= 15 is 0 Å². The van der Waals surface area contributed by atoms with Gasteiger partial charge in [-0.2, -0.15) is 0 Å². The van der Waals surface area contributed by atoms with E-state index in [0.717, 1.165) is 37.7 Å². The first kappa shape index (κ1) is 17.4. The van der Waals surface area contributed by atoms with Crippen molar-refractivity contribution in [1.82, 2.24) is 9.88 Å². The minimum absolute atomic E-state index is 0.0518. The molecule has 2 aromatic rings. The summed E-state index contributed by atoms with van der Waals surface area (Å²) in [5, 5.41) is 0. The van der Waals surface area contributed by atoms with Gasteiger partial charge in [-0.25, -0.2) is 4.98 Å². The molecule has 5 nitrogen and oxygen atoms in total. The number of hydrogen-bond donors (Lipinski definition) is 0. The van der Waals surface area contributed by atoms with Crippen LogP contribution in [0.15, 0.2) is 42.6 Å². The molecule has 0 bridgehead atoms. The first-order valence-electron chi connectivity index (χ1n) is 8.68. The number of ether oxygens (including phenoxy) is 1. The van der Waals surface area contributed by atoms with Crippen LogP contribution in [0.3, 0.4) is 0 Å². The van der Waals surface area contributed by atoms with Crippen molar-refractivity contribution in [2.75, 3.05) is 38.2 Å². The van der Waals surface area contributed by atoms with Gasteiger partial charge in [0.2, 0.25) is 0 Å². The molecular formula is C20H25N3O2. The normalized spacial score (nSPS) is 16.5. The van der Waals surface area contributed by atoms with Gasteiger partial charge in [0.1, 0.15) is 11.6 Å². The second kappa shape index (κ2) is 7.66. The van der Waals surface area contributed by atoms with Crippen LogP contribution in [-0.4, -0.2) is 49.0 Å². The van der Waals surface area contributed by atoms with Gasteiger partial charge in [-0.15, -0.1) is 0 Å². The molecule has 2 heterocycles. The number of carbonyl (C=O) groups excluding carboxylic acids is 1. The Kier molecular flexibility index (Phi) is 5.34. The van der Waals surface area contributed by atoms with Crippen LogP contribution < -0.4 is 9.64 Å². The minimum Gasteiger partial charge on any atom is -0.497 e. The maximum absolute atomic E-state index is 11.4. The molecule has 1 aliphatic rings. The maximum Gasteiger partial charge on any atom is 0.161 e. The van der Waals surface area contributed by atoms with Gasteiger partial charge in [0, 0.05) is 44.0 Å². The van der Waals surface area contributed by atoms with Crippen LogP contribution in [-0.2, 0) is 0 Å². The molecule has 1 atom stereocenters. The summed E-state index contributed by atoms with van der Waals surface area (Å²) in [5.41, 5.74) is 1.94. The van der Waals surface area contributed by atoms with E-state index in [1.165, 1.54) is 5.56 Å². The van der Waals surface area contributed by atoms with E-state index in [-0.39, 0.29) is 5.78 Å². The third-order valence-corrected chi connectivity index (χ3v) is 4.92. The van der Waals surface area contributed by atoms with Gasteiger partial charge < -0.3 is 9.64 Å². The lowest BCUT2D eigenvalue weighted by atomic mass is 10.1. The topological polar surface area (TPSA) is 45.7 Å². The smallest absolute Gasteiger partial charge is 0.161 e. The molecule has 5 heteroatoms. The first-order valence-corrected chi connectivity index (χ1v) is 8.68. The highest BCUT2D eigenvalue weighted by Crippen LogP contribution is 2.25. The van der Waals surface area contributed by atoms with Crippen molar-refractivity contribution >= 4 is 11.6 Å². The Bertz CT molecular complexity index is 722. The minimum atomic E-state index is 0.0518. The summed E-state index contributed by atoms with van der Waals surface area (Å²) in [6.07, 6.45) is 1.67. The molecule has 1 unspecified atom stereocenters. The standard InChI is InChI=1S/C20H25N3O2/c1-15(17-5-4-6-19(13-17)25-3)22-9-11-23(12-10-22)20-8-7-18(14-21-20)16(2)24/h4-8,13-15H,9-12H2,1-3H3. The summed E-state index contributed by atoms with van der Waals surface area (Å²) in [6, 6.07) is 12.4. The van der Waals surface area contributed by atoms with E-state index in [1.807, 2.05) is 24.3 Å². The molecule has 0 spiro atoms. The average molecular weight is 339 g/mol. The summed E-state index contributed by atoms with van der Waals surface area (Å²) in [7, 11) is 1.70. The maximum atomic E-state index is 11.4. The lowest BCUT2D eigenvalue weighted by molar-refractivity contribution is 0.101. The first-order chi connectivity index (χ1) is 12.1. The second-order valence-electron chi connectivity index (χ2n) is 6.44. The number of methoxy groups -OCH3 is 1. The fourth-order valence-corrected chi connectivity index (χ4v) is 3.23. The third kappa shape index (κ3) is 3.99.